The second-order valence-corrected chi connectivity index (χ2v) is 6.26. The molecule has 1 aromatic rings. The van der Waals surface area contributed by atoms with Crippen molar-refractivity contribution < 1.29 is 9.31 Å². The number of aromatic nitrogens is 1. The van der Waals surface area contributed by atoms with E-state index in [0.29, 0.717) is 0 Å². The second-order valence-electron chi connectivity index (χ2n) is 6.26. The number of nitrogens with zero attached hydrogens (tertiary/aromatic N) is 1. The van der Waals surface area contributed by atoms with E-state index in [1.54, 1.807) is 0 Å². The predicted molar refractivity (Wildman–Crippen MR) is 82.0 cm³/mol. The maximum Gasteiger partial charge on any atom is 0.487 e. The fraction of sp³-hybridized carbons (Fsp3) is 0.533. The van der Waals surface area contributed by atoms with E-state index in [0.717, 1.165) is 11.4 Å². The van der Waals surface area contributed by atoms with E-state index < -0.39 is 0 Å². The number of hydrogen-bond donors (Lipinski definition) is 1. The summed E-state index contributed by atoms with van der Waals surface area (Å²) < 4.78 is 11.8. The van der Waals surface area contributed by atoms with E-state index in [2.05, 4.69) is 4.98 Å². The predicted octanol–water partition coefficient (Wildman–Crippen LogP) is 2.75. The first-order chi connectivity index (χ1) is 9.21. The fourth-order valence-electron chi connectivity index (χ4n) is 1.96. The summed E-state index contributed by atoms with van der Waals surface area (Å²) in [6.07, 6.45) is 1.91. The molecule has 0 saturated carbocycles. The SMILES string of the molecule is C[C@@H](N)c1cccc(/C=C/B2OC(C)(C)C(C)(C)O2)n1. The van der Waals surface area contributed by atoms with Crippen LogP contribution in [0.15, 0.2) is 24.2 Å². The Kier molecular flexibility index (Phi) is 4.05. The summed E-state index contributed by atoms with van der Waals surface area (Å²) in [6.45, 7) is 10.1. The van der Waals surface area contributed by atoms with Crippen molar-refractivity contribution in [3.8, 4) is 0 Å². The van der Waals surface area contributed by atoms with E-state index in [4.69, 9.17) is 15.0 Å². The molecule has 2 heterocycles. The minimum atomic E-state index is -0.347. The van der Waals surface area contributed by atoms with Gasteiger partial charge in [-0.2, -0.15) is 0 Å². The molecule has 1 fully saturated rings. The molecule has 4 nitrogen and oxygen atoms in total. The number of pyridine rings is 1. The summed E-state index contributed by atoms with van der Waals surface area (Å²) in [7, 11) is -0.347. The van der Waals surface area contributed by atoms with Crippen molar-refractivity contribution in [2.45, 2.75) is 51.9 Å². The average Bonchev–Trinajstić information content (AvgIpc) is 2.56. The molecule has 0 unspecified atom stereocenters. The molecule has 108 valence electrons. The van der Waals surface area contributed by atoms with Crippen LogP contribution in [-0.2, 0) is 9.31 Å². The van der Waals surface area contributed by atoms with Crippen molar-refractivity contribution in [3.05, 3.63) is 35.6 Å². The third-order valence-electron chi connectivity index (χ3n) is 3.95. The van der Waals surface area contributed by atoms with Gasteiger partial charge in [-0.3, -0.25) is 4.98 Å². The van der Waals surface area contributed by atoms with E-state index >= 15 is 0 Å². The zero-order chi connectivity index (χ0) is 15.0. The van der Waals surface area contributed by atoms with Crippen LogP contribution in [0.1, 0.15) is 52.0 Å². The fourth-order valence-corrected chi connectivity index (χ4v) is 1.96. The molecule has 1 aromatic heterocycles. The topological polar surface area (TPSA) is 57.4 Å². The van der Waals surface area contributed by atoms with Gasteiger partial charge >= 0.3 is 7.12 Å². The highest BCUT2D eigenvalue weighted by atomic mass is 16.7. The lowest BCUT2D eigenvalue weighted by atomic mass is 9.89. The summed E-state index contributed by atoms with van der Waals surface area (Å²) in [5, 5.41) is 0. The highest BCUT2D eigenvalue weighted by molar-refractivity contribution is 6.52. The minimum absolute atomic E-state index is 0.0693. The maximum absolute atomic E-state index is 5.90. The molecule has 0 aromatic carbocycles. The summed E-state index contributed by atoms with van der Waals surface area (Å²) in [5.41, 5.74) is 6.94. The Hall–Kier alpha value is -1.17. The molecule has 5 heteroatoms. The zero-order valence-corrected chi connectivity index (χ0v) is 12.9. The molecule has 0 spiro atoms. The minimum Gasteiger partial charge on any atom is -0.400 e. The third kappa shape index (κ3) is 3.11. The molecule has 1 aliphatic rings. The first kappa shape index (κ1) is 15.2. The molecule has 20 heavy (non-hydrogen) atoms. The van der Waals surface area contributed by atoms with E-state index in [1.165, 1.54) is 0 Å². The van der Waals surface area contributed by atoms with Crippen molar-refractivity contribution >= 4 is 13.2 Å². The smallest absolute Gasteiger partial charge is 0.400 e. The van der Waals surface area contributed by atoms with Gasteiger partial charge in [-0.1, -0.05) is 12.0 Å². The molecule has 1 atom stereocenters. The van der Waals surface area contributed by atoms with Crippen molar-refractivity contribution in [1.29, 1.82) is 0 Å². The monoisotopic (exact) mass is 274 g/mol. The van der Waals surface area contributed by atoms with Crippen LogP contribution in [0.3, 0.4) is 0 Å². The number of rotatable bonds is 3. The summed E-state index contributed by atoms with van der Waals surface area (Å²) in [4.78, 5) is 4.48. The summed E-state index contributed by atoms with van der Waals surface area (Å²) >= 11 is 0. The van der Waals surface area contributed by atoms with Crippen molar-refractivity contribution in [2.75, 3.05) is 0 Å². The highest BCUT2D eigenvalue weighted by Gasteiger charge is 2.49. The van der Waals surface area contributed by atoms with E-state index in [1.807, 2.05) is 64.9 Å². The van der Waals surface area contributed by atoms with Crippen LogP contribution in [0, 0.1) is 0 Å². The second kappa shape index (κ2) is 5.32. The standard InChI is InChI=1S/C15H23BN2O2/c1-11(17)13-8-6-7-12(18-13)9-10-16-19-14(2,3)15(4,5)20-16/h6-11H,17H2,1-5H3/b10-9+/t11-/m1/s1. The van der Waals surface area contributed by atoms with Crippen LogP contribution in [0.5, 0.6) is 0 Å². The molecular formula is C15H23BN2O2. The molecule has 0 amide bonds. The number of nitrogens with two attached hydrogens (primary N) is 1. The third-order valence-corrected chi connectivity index (χ3v) is 3.95. The Bertz CT molecular complexity index is 496. The Morgan fingerprint density at radius 2 is 1.80 bits per heavy atom. The lowest BCUT2D eigenvalue weighted by molar-refractivity contribution is 0.00578. The van der Waals surface area contributed by atoms with Gasteiger partial charge in [0, 0.05) is 6.04 Å². The molecule has 0 aliphatic carbocycles. The van der Waals surface area contributed by atoms with Crippen LogP contribution in [-0.4, -0.2) is 23.3 Å². The van der Waals surface area contributed by atoms with E-state index in [-0.39, 0.29) is 24.4 Å². The van der Waals surface area contributed by atoms with Crippen LogP contribution in [0.25, 0.3) is 6.08 Å². The Morgan fingerprint density at radius 1 is 1.20 bits per heavy atom. The van der Waals surface area contributed by atoms with Gasteiger partial charge in [0.2, 0.25) is 0 Å². The van der Waals surface area contributed by atoms with Gasteiger partial charge < -0.3 is 15.0 Å². The van der Waals surface area contributed by atoms with Crippen molar-refractivity contribution in [1.82, 2.24) is 4.98 Å². The molecular weight excluding hydrogens is 251 g/mol. The number of hydrogen-bond acceptors (Lipinski definition) is 4. The van der Waals surface area contributed by atoms with Crippen LogP contribution in [0.4, 0.5) is 0 Å². The maximum atomic E-state index is 5.90. The first-order valence-corrected chi connectivity index (χ1v) is 6.98. The quantitative estimate of drug-likeness (QED) is 0.861. The summed E-state index contributed by atoms with van der Waals surface area (Å²) in [5.74, 6) is 1.89. The van der Waals surface area contributed by atoms with Gasteiger partial charge in [0.15, 0.2) is 0 Å². The van der Waals surface area contributed by atoms with E-state index in [9.17, 15) is 0 Å². The van der Waals surface area contributed by atoms with Crippen molar-refractivity contribution in [3.63, 3.8) is 0 Å². The Labute approximate surface area is 121 Å². The van der Waals surface area contributed by atoms with Crippen LogP contribution >= 0.6 is 0 Å². The average molecular weight is 274 g/mol. The van der Waals surface area contributed by atoms with Gasteiger partial charge in [0.05, 0.1) is 22.6 Å². The Balaban J connectivity index is 2.10. The summed E-state index contributed by atoms with van der Waals surface area (Å²) in [6, 6.07) is 5.75. The van der Waals surface area contributed by atoms with Crippen LogP contribution in [0.2, 0.25) is 0 Å². The normalized spacial score (nSPS) is 22.4. The van der Waals surface area contributed by atoms with Gasteiger partial charge in [0.1, 0.15) is 0 Å². The molecule has 2 rings (SSSR count). The largest absolute Gasteiger partial charge is 0.487 e. The Morgan fingerprint density at radius 3 is 2.35 bits per heavy atom. The van der Waals surface area contributed by atoms with Crippen LogP contribution < -0.4 is 5.73 Å². The lowest BCUT2D eigenvalue weighted by Gasteiger charge is -2.32. The first-order valence-electron chi connectivity index (χ1n) is 6.98. The lowest BCUT2D eigenvalue weighted by Crippen LogP contribution is -2.41. The van der Waals surface area contributed by atoms with Crippen molar-refractivity contribution in [2.24, 2.45) is 5.73 Å². The highest BCUT2D eigenvalue weighted by Crippen LogP contribution is 2.36. The molecule has 1 aliphatic heterocycles. The zero-order valence-electron chi connectivity index (χ0n) is 12.9. The van der Waals surface area contributed by atoms with Gasteiger partial charge in [0.25, 0.3) is 0 Å². The van der Waals surface area contributed by atoms with Gasteiger partial charge in [-0.15, -0.1) is 0 Å². The van der Waals surface area contributed by atoms with Gasteiger partial charge in [-0.25, -0.2) is 0 Å². The van der Waals surface area contributed by atoms with Gasteiger partial charge in [-0.05, 0) is 52.8 Å². The molecule has 1 saturated heterocycles. The molecule has 0 bridgehead atoms. The molecule has 2 N–H and O–H groups in total. The molecule has 0 radical (unpaired) electrons.